The average Bonchev–Trinajstić information content (AvgIpc) is 3.43. The molecule has 1 aromatic heterocycles. The average molecular weight is 442 g/mol. The molecule has 2 aliphatic rings. The van der Waals surface area contributed by atoms with Gasteiger partial charge in [0.05, 0.1) is 11.1 Å². The number of furan rings is 1. The number of carbonyl (C=O) groups is 2. The van der Waals surface area contributed by atoms with Crippen LogP contribution in [-0.2, 0) is 4.79 Å². The Hall–Kier alpha value is -3.64. The topological polar surface area (TPSA) is 65.8 Å². The Morgan fingerprint density at radius 1 is 1.00 bits per heavy atom. The van der Waals surface area contributed by atoms with Crippen LogP contribution in [0.5, 0.6) is 0 Å². The third-order valence-corrected chi connectivity index (χ3v) is 6.53. The third kappa shape index (κ3) is 4.10. The zero-order chi connectivity index (χ0) is 22.9. The van der Waals surface area contributed by atoms with Crippen molar-refractivity contribution in [3.8, 4) is 11.3 Å². The van der Waals surface area contributed by atoms with Crippen molar-refractivity contribution in [2.24, 2.45) is 0 Å². The number of nitrogens with zero attached hydrogens (tertiary/aromatic N) is 2. The molecule has 0 aliphatic carbocycles. The Kier molecular flexibility index (Phi) is 5.60. The number of benzene rings is 2. The van der Waals surface area contributed by atoms with Crippen LogP contribution in [0, 0.1) is 0 Å². The molecule has 168 valence electrons. The number of anilines is 1. The largest absolute Gasteiger partial charge is 0.457 e. The Bertz CT molecular complexity index is 1230. The molecule has 2 aliphatic heterocycles. The van der Waals surface area contributed by atoms with Gasteiger partial charge >= 0.3 is 0 Å². The number of nitrogens with one attached hydrogen (secondary N) is 1. The molecule has 1 fully saturated rings. The van der Waals surface area contributed by atoms with E-state index in [1.54, 1.807) is 6.08 Å². The molecule has 3 aromatic rings. The van der Waals surface area contributed by atoms with Gasteiger partial charge in [0.15, 0.2) is 0 Å². The van der Waals surface area contributed by atoms with E-state index in [1.807, 2.05) is 65.6 Å². The van der Waals surface area contributed by atoms with Crippen molar-refractivity contribution >= 4 is 29.2 Å². The van der Waals surface area contributed by atoms with Gasteiger partial charge in [0.1, 0.15) is 11.5 Å². The second-order valence-corrected chi connectivity index (χ2v) is 8.79. The predicted molar refractivity (Wildman–Crippen MR) is 130 cm³/mol. The first-order chi connectivity index (χ1) is 16.0. The van der Waals surface area contributed by atoms with Crippen LogP contribution in [0.3, 0.4) is 0 Å². The number of likely N-dealkylation sites (tertiary alicyclic amines) is 1. The van der Waals surface area contributed by atoms with Crippen molar-refractivity contribution in [1.29, 1.82) is 0 Å². The van der Waals surface area contributed by atoms with Gasteiger partial charge in [0.25, 0.3) is 11.8 Å². The normalized spacial score (nSPS) is 17.5. The highest BCUT2D eigenvalue weighted by Crippen LogP contribution is 2.34. The van der Waals surface area contributed by atoms with E-state index < -0.39 is 0 Å². The fraction of sp³-hybridized carbons (Fsp3) is 0.259. The molecule has 3 heterocycles. The van der Waals surface area contributed by atoms with E-state index in [2.05, 4.69) is 24.3 Å². The van der Waals surface area contributed by atoms with Crippen molar-refractivity contribution in [1.82, 2.24) is 9.80 Å². The Balaban J connectivity index is 1.40. The van der Waals surface area contributed by atoms with Crippen molar-refractivity contribution in [3.05, 3.63) is 77.6 Å². The molecular weight excluding hydrogens is 414 g/mol. The summed E-state index contributed by atoms with van der Waals surface area (Å²) in [4.78, 5) is 29.9. The lowest BCUT2D eigenvalue weighted by Gasteiger charge is -2.35. The summed E-state index contributed by atoms with van der Waals surface area (Å²) in [5.74, 6) is 1.07. The summed E-state index contributed by atoms with van der Waals surface area (Å²) >= 11 is 0. The van der Waals surface area contributed by atoms with Gasteiger partial charge in [0, 0.05) is 35.9 Å². The maximum absolute atomic E-state index is 13.3. The molecule has 1 N–H and O–H groups in total. The zero-order valence-corrected chi connectivity index (χ0v) is 18.9. The van der Waals surface area contributed by atoms with Gasteiger partial charge in [-0.2, -0.15) is 0 Å². The number of hydrogen-bond donors (Lipinski definition) is 1. The van der Waals surface area contributed by atoms with Gasteiger partial charge < -0.3 is 19.5 Å². The monoisotopic (exact) mass is 441 g/mol. The van der Waals surface area contributed by atoms with Gasteiger partial charge in [0.2, 0.25) is 0 Å². The van der Waals surface area contributed by atoms with Crippen LogP contribution in [0.1, 0.15) is 34.5 Å². The lowest BCUT2D eigenvalue weighted by atomic mass is 10.0. The molecule has 0 bridgehead atoms. The van der Waals surface area contributed by atoms with Crippen molar-refractivity contribution in [2.45, 2.75) is 18.9 Å². The van der Waals surface area contributed by atoms with E-state index in [4.69, 9.17) is 4.42 Å². The summed E-state index contributed by atoms with van der Waals surface area (Å²) < 4.78 is 6.09. The molecule has 5 rings (SSSR count). The minimum absolute atomic E-state index is 0.0307. The molecule has 33 heavy (non-hydrogen) atoms. The number of amides is 2. The van der Waals surface area contributed by atoms with Crippen LogP contribution in [0.25, 0.3) is 23.0 Å². The highest BCUT2D eigenvalue weighted by Gasteiger charge is 2.27. The first kappa shape index (κ1) is 21.2. The maximum Gasteiger partial charge on any atom is 0.256 e. The van der Waals surface area contributed by atoms with Crippen molar-refractivity contribution in [3.63, 3.8) is 0 Å². The molecule has 0 radical (unpaired) electrons. The van der Waals surface area contributed by atoms with E-state index in [9.17, 15) is 9.59 Å². The second-order valence-electron chi connectivity index (χ2n) is 8.79. The maximum atomic E-state index is 13.3. The summed E-state index contributed by atoms with van der Waals surface area (Å²) in [6.07, 6.45) is 3.70. The fourth-order valence-corrected chi connectivity index (χ4v) is 4.64. The molecular formula is C27H27N3O3. The molecule has 1 saturated heterocycles. The van der Waals surface area contributed by atoms with E-state index in [0.717, 1.165) is 42.7 Å². The number of hydrogen-bond acceptors (Lipinski definition) is 4. The smallest absolute Gasteiger partial charge is 0.256 e. The molecule has 6 nitrogen and oxygen atoms in total. The van der Waals surface area contributed by atoms with Gasteiger partial charge in [-0.3, -0.25) is 9.59 Å². The predicted octanol–water partition coefficient (Wildman–Crippen LogP) is 4.61. The molecule has 6 heteroatoms. The van der Waals surface area contributed by atoms with Gasteiger partial charge in [-0.05, 0) is 57.3 Å². The summed E-state index contributed by atoms with van der Waals surface area (Å²) in [5, 5.41) is 2.87. The van der Waals surface area contributed by atoms with E-state index in [1.165, 1.54) is 0 Å². The van der Waals surface area contributed by atoms with Crippen LogP contribution in [0.4, 0.5) is 5.69 Å². The van der Waals surface area contributed by atoms with Gasteiger partial charge in [-0.1, -0.05) is 36.4 Å². The molecule has 2 aromatic carbocycles. The highest BCUT2D eigenvalue weighted by molar-refractivity contribution is 6.34. The van der Waals surface area contributed by atoms with Crippen LogP contribution < -0.4 is 5.32 Å². The van der Waals surface area contributed by atoms with Crippen LogP contribution in [0.15, 0.2) is 65.1 Å². The first-order valence-electron chi connectivity index (χ1n) is 11.3. The summed E-state index contributed by atoms with van der Waals surface area (Å²) in [5.41, 5.74) is 3.63. The summed E-state index contributed by atoms with van der Waals surface area (Å²) in [7, 11) is 4.18. The van der Waals surface area contributed by atoms with Crippen LogP contribution in [0.2, 0.25) is 0 Å². The SMILES string of the molecule is CN(C)C1CCN(C(=O)c2ccccc2-c2ccc(C=C3C(=O)Nc4ccccc43)o2)CC1. The summed E-state index contributed by atoms with van der Waals surface area (Å²) in [6, 6.07) is 19.4. The number of piperidine rings is 1. The van der Waals surface area contributed by atoms with Gasteiger partial charge in [-0.25, -0.2) is 0 Å². The quantitative estimate of drug-likeness (QED) is 0.601. The number of carbonyl (C=O) groups excluding carboxylic acids is 2. The molecule has 0 saturated carbocycles. The standard InChI is InChI=1S/C27H27N3O3/c1-29(2)18-13-15-30(16-14-18)27(32)22-9-4-3-8-21(22)25-12-11-19(33-25)17-23-20-7-5-6-10-24(20)28-26(23)31/h3-12,17-18H,13-16H2,1-2H3,(H,28,31). The molecule has 0 atom stereocenters. The Morgan fingerprint density at radius 2 is 1.70 bits per heavy atom. The van der Waals surface area contributed by atoms with Crippen molar-refractivity contribution < 1.29 is 14.0 Å². The minimum Gasteiger partial charge on any atom is -0.457 e. The Labute approximate surface area is 193 Å². The number of para-hydroxylation sites is 1. The first-order valence-corrected chi connectivity index (χ1v) is 11.3. The molecule has 0 unspecified atom stereocenters. The summed E-state index contributed by atoms with van der Waals surface area (Å²) in [6.45, 7) is 1.50. The van der Waals surface area contributed by atoms with E-state index >= 15 is 0 Å². The number of rotatable bonds is 4. The van der Waals surface area contributed by atoms with E-state index in [0.29, 0.717) is 28.7 Å². The Morgan fingerprint density at radius 3 is 2.45 bits per heavy atom. The van der Waals surface area contributed by atoms with Crippen LogP contribution in [-0.4, -0.2) is 54.8 Å². The van der Waals surface area contributed by atoms with Crippen molar-refractivity contribution in [2.75, 3.05) is 32.5 Å². The lowest BCUT2D eigenvalue weighted by molar-refractivity contribution is -0.110. The minimum atomic E-state index is -0.147. The van der Waals surface area contributed by atoms with Crippen LogP contribution >= 0.6 is 0 Å². The number of fused-ring (bicyclic) bond motifs is 1. The lowest BCUT2D eigenvalue weighted by Crippen LogP contribution is -2.44. The molecule has 0 spiro atoms. The third-order valence-electron chi connectivity index (χ3n) is 6.53. The zero-order valence-electron chi connectivity index (χ0n) is 18.9. The van der Waals surface area contributed by atoms with E-state index in [-0.39, 0.29) is 11.8 Å². The second kappa shape index (κ2) is 8.71. The van der Waals surface area contributed by atoms with Gasteiger partial charge in [-0.15, -0.1) is 0 Å². The molecule has 2 amide bonds. The fourth-order valence-electron chi connectivity index (χ4n) is 4.64. The highest BCUT2D eigenvalue weighted by atomic mass is 16.3.